The number of ether oxygens (including phenoxy) is 3. The van der Waals surface area contributed by atoms with Crippen LogP contribution in [0.1, 0.15) is 5.56 Å². The Balaban J connectivity index is 1.55. The van der Waals surface area contributed by atoms with E-state index >= 15 is 0 Å². The predicted molar refractivity (Wildman–Crippen MR) is 60.5 cm³/mol. The number of aliphatic hydroxyl groups excluding tert-OH is 1. The molecule has 1 aromatic rings. The van der Waals surface area contributed by atoms with E-state index < -0.39 is 11.7 Å². The van der Waals surface area contributed by atoms with Gasteiger partial charge in [-0.1, -0.05) is 30.3 Å². The van der Waals surface area contributed by atoms with E-state index in [-0.39, 0.29) is 6.10 Å². The molecule has 4 heteroatoms. The normalized spacial score (nSPS) is 35.4. The summed E-state index contributed by atoms with van der Waals surface area (Å²) in [5.74, 6) is 0. The quantitative estimate of drug-likeness (QED) is 0.837. The van der Waals surface area contributed by atoms with Crippen LogP contribution < -0.4 is 0 Å². The van der Waals surface area contributed by atoms with Crippen LogP contribution in [0, 0.1) is 0 Å². The Morgan fingerprint density at radius 2 is 2.18 bits per heavy atom. The molecule has 17 heavy (non-hydrogen) atoms. The minimum atomic E-state index is -0.639. The van der Waals surface area contributed by atoms with Gasteiger partial charge in [0.1, 0.15) is 17.8 Å². The molecule has 2 aliphatic heterocycles. The van der Waals surface area contributed by atoms with Crippen molar-refractivity contribution >= 4 is 0 Å². The monoisotopic (exact) mass is 236 g/mol. The lowest BCUT2D eigenvalue weighted by atomic mass is 10.0. The highest BCUT2D eigenvalue weighted by atomic mass is 16.6. The maximum atomic E-state index is 9.95. The van der Waals surface area contributed by atoms with Gasteiger partial charge in [0.2, 0.25) is 0 Å². The van der Waals surface area contributed by atoms with Gasteiger partial charge in [-0.2, -0.15) is 0 Å². The van der Waals surface area contributed by atoms with Crippen LogP contribution in [-0.4, -0.2) is 42.7 Å². The van der Waals surface area contributed by atoms with Crippen molar-refractivity contribution in [2.45, 2.75) is 24.4 Å². The van der Waals surface area contributed by atoms with Crippen molar-refractivity contribution in [3.8, 4) is 0 Å². The molecule has 0 spiro atoms. The van der Waals surface area contributed by atoms with Crippen molar-refractivity contribution in [1.82, 2.24) is 0 Å². The van der Waals surface area contributed by atoms with Crippen molar-refractivity contribution in [1.29, 1.82) is 0 Å². The summed E-state index contributed by atoms with van der Waals surface area (Å²) in [5, 5.41) is 9.95. The summed E-state index contributed by atoms with van der Waals surface area (Å²) in [6.45, 7) is 1.80. The van der Waals surface area contributed by atoms with Crippen molar-refractivity contribution < 1.29 is 19.3 Å². The molecule has 0 radical (unpaired) electrons. The minimum absolute atomic E-state index is 0.171. The fraction of sp³-hybridized carbons (Fsp3) is 0.538. The van der Waals surface area contributed by atoms with Gasteiger partial charge in [0, 0.05) is 0 Å². The first-order valence-corrected chi connectivity index (χ1v) is 5.85. The van der Waals surface area contributed by atoms with E-state index in [2.05, 4.69) is 0 Å². The summed E-state index contributed by atoms with van der Waals surface area (Å²) in [6, 6.07) is 9.95. The van der Waals surface area contributed by atoms with Crippen molar-refractivity contribution in [2.75, 3.05) is 19.8 Å². The number of rotatable bonds is 4. The van der Waals surface area contributed by atoms with E-state index in [1.54, 1.807) is 0 Å². The Labute approximate surface area is 100 Å². The molecular weight excluding hydrogens is 220 g/mol. The van der Waals surface area contributed by atoms with Gasteiger partial charge in [0.25, 0.3) is 0 Å². The van der Waals surface area contributed by atoms with Crippen LogP contribution in [0.5, 0.6) is 0 Å². The molecule has 92 valence electrons. The van der Waals surface area contributed by atoms with Crippen LogP contribution in [0.15, 0.2) is 30.3 Å². The second kappa shape index (κ2) is 4.38. The van der Waals surface area contributed by atoms with Gasteiger partial charge in [-0.15, -0.1) is 0 Å². The zero-order valence-corrected chi connectivity index (χ0v) is 9.54. The molecule has 2 heterocycles. The smallest absolute Gasteiger partial charge is 0.143 e. The molecule has 2 aliphatic rings. The van der Waals surface area contributed by atoms with Crippen molar-refractivity contribution in [3.63, 3.8) is 0 Å². The molecule has 2 bridgehead atoms. The summed E-state index contributed by atoms with van der Waals surface area (Å²) >= 11 is 0. The number of hydrogen-bond acceptors (Lipinski definition) is 4. The maximum absolute atomic E-state index is 9.95. The number of benzene rings is 1. The summed E-state index contributed by atoms with van der Waals surface area (Å²) in [5.41, 5.74) is 0.478. The van der Waals surface area contributed by atoms with Gasteiger partial charge in [-0.25, -0.2) is 0 Å². The molecule has 3 atom stereocenters. The predicted octanol–water partition coefficient (Wildman–Crippen LogP) is 0.732. The fourth-order valence-electron chi connectivity index (χ4n) is 2.36. The summed E-state index contributed by atoms with van der Waals surface area (Å²) in [6.07, 6.45) is -0.728. The third kappa shape index (κ3) is 1.98. The standard InChI is InChI=1S/C13H16O4/c14-12-11-7-17-13(12,9-16-11)8-15-6-10-4-2-1-3-5-10/h1-5,11-12,14H,6-9H2/t11-,12-,13-/m0/s1. The second-order valence-corrected chi connectivity index (χ2v) is 4.65. The molecule has 0 amide bonds. The number of fused-ring (bicyclic) bond motifs is 2. The third-order valence-corrected chi connectivity index (χ3v) is 3.43. The first-order chi connectivity index (χ1) is 8.30. The fourth-order valence-corrected chi connectivity index (χ4v) is 2.36. The Morgan fingerprint density at radius 3 is 2.76 bits per heavy atom. The highest BCUT2D eigenvalue weighted by Gasteiger charge is 2.56. The minimum Gasteiger partial charge on any atom is -0.387 e. The van der Waals surface area contributed by atoms with Crippen LogP contribution in [0.4, 0.5) is 0 Å². The molecule has 1 aromatic carbocycles. The Bertz CT molecular complexity index is 370. The van der Waals surface area contributed by atoms with Gasteiger partial charge < -0.3 is 19.3 Å². The van der Waals surface area contributed by atoms with Gasteiger partial charge in [0.05, 0.1) is 26.4 Å². The van der Waals surface area contributed by atoms with Crippen LogP contribution in [0.2, 0.25) is 0 Å². The molecule has 0 aromatic heterocycles. The SMILES string of the molecule is O[C@H]1[C@@H]2CO[C@@]1(COCc1ccccc1)CO2. The lowest BCUT2D eigenvalue weighted by Crippen LogP contribution is -2.44. The largest absolute Gasteiger partial charge is 0.387 e. The topological polar surface area (TPSA) is 47.9 Å². The summed E-state index contributed by atoms with van der Waals surface area (Å²) in [7, 11) is 0. The average Bonchev–Trinajstić information content (AvgIpc) is 2.84. The molecule has 3 rings (SSSR count). The first kappa shape index (κ1) is 11.2. The third-order valence-electron chi connectivity index (χ3n) is 3.43. The van der Waals surface area contributed by atoms with Gasteiger partial charge in [0.15, 0.2) is 0 Å². The Kier molecular flexibility index (Phi) is 2.88. The molecular formula is C13H16O4. The lowest BCUT2D eigenvalue weighted by Gasteiger charge is -2.26. The van der Waals surface area contributed by atoms with E-state index in [0.717, 1.165) is 5.56 Å². The zero-order chi connectivity index (χ0) is 11.7. The van der Waals surface area contributed by atoms with Crippen molar-refractivity contribution in [3.05, 3.63) is 35.9 Å². The highest BCUT2D eigenvalue weighted by Crippen LogP contribution is 2.36. The number of aliphatic hydroxyl groups is 1. The number of hydrogen-bond donors (Lipinski definition) is 1. The first-order valence-electron chi connectivity index (χ1n) is 5.85. The zero-order valence-electron chi connectivity index (χ0n) is 9.54. The summed E-state index contributed by atoms with van der Waals surface area (Å²) in [4.78, 5) is 0. The van der Waals surface area contributed by atoms with E-state index in [9.17, 15) is 5.11 Å². The summed E-state index contributed by atoms with van der Waals surface area (Å²) < 4.78 is 16.6. The molecule has 1 N–H and O–H groups in total. The average molecular weight is 236 g/mol. The van der Waals surface area contributed by atoms with Gasteiger partial charge in [-0.3, -0.25) is 0 Å². The molecule has 0 saturated carbocycles. The van der Waals surface area contributed by atoms with E-state index in [1.165, 1.54) is 0 Å². The van der Waals surface area contributed by atoms with Crippen LogP contribution in [0.3, 0.4) is 0 Å². The van der Waals surface area contributed by atoms with Crippen molar-refractivity contribution in [2.24, 2.45) is 0 Å². The molecule has 0 aliphatic carbocycles. The van der Waals surface area contributed by atoms with Crippen LogP contribution >= 0.6 is 0 Å². The molecule has 4 nitrogen and oxygen atoms in total. The molecule has 2 fully saturated rings. The van der Waals surface area contributed by atoms with E-state index in [1.807, 2.05) is 30.3 Å². The van der Waals surface area contributed by atoms with E-state index in [0.29, 0.717) is 26.4 Å². The molecule has 2 saturated heterocycles. The van der Waals surface area contributed by atoms with Crippen LogP contribution in [-0.2, 0) is 20.8 Å². The Hall–Kier alpha value is -0.940. The molecule has 0 unspecified atom stereocenters. The van der Waals surface area contributed by atoms with Crippen LogP contribution in [0.25, 0.3) is 0 Å². The highest BCUT2D eigenvalue weighted by molar-refractivity contribution is 5.13. The van der Waals surface area contributed by atoms with E-state index in [4.69, 9.17) is 14.2 Å². The maximum Gasteiger partial charge on any atom is 0.143 e. The Morgan fingerprint density at radius 1 is 1.35 bits per heavy atom. The lowest BCUT2D eigenvalue weighted by molar-refractivity contribution is -0.137. The van der Waals surface area contributed by atoms with Gasteiger partial charge in [-0.05, 0) is 5.56 Å². The second-order valence-electron chi connectivity index (χ2n) is 4.65. The van der Waals surface area contributed by atoms with Gasteiger partial charge >= 0.3 is 0 Å².